The van der Waals surface area contributed by atoms with Crippen molar-refractivity contribution in [3.05, 3.63) is 46.5 Å². The summed E-state index contributed by atoms with van der Waals surface area (Å²) in [7, 11) is 0. The van der Waals surface area contributed by atoms with Gasteiger partial charge in [0.1, 0.15) is 0 Å². The molecule has 0 saturated heterocycles. The van der Waals surface area contributed by atoms with Gasteiger partial charge in [-0.1, -0.05) is 0 Å². The molecule has 12 heteroatoms. The van der Waals surface area contributed by atoms with Gasteiger partial charge in [0, 0.05) is 33.0 Å². The molecule has 0 aromatic heterocycles. The molecular weight excluding hydrogens is 450 g/mol. The largest absolute Gasteiger partial charge is 1.00 e. The van der Waals surface area contributed by atoms with Gasteiger partial charge < -0.3 is 19.8 Å². The minimum atomic E-state index is -1.63. The molecular formula is C18H8K2N2O8. The van der Waals surface area contributed by atoms with Gasteiger partial charge in [-0.25, -0.2) is 0 Å². The molecule has 0 N–H and O–H groups in total. The first-order valence-electron chi connectivity index (χ1n) is 7.94. The van der Waals surface area contributed by atoms with Crippen LogP contribution in [0.4, 0.5) is 0 Å². The van der Waals surface area contributed by atoms with Crippen molar-refractivity contribution in [2.24, 2.45) is 0 Å². The molecule has 0 unspecified atom stereocenters. The summed E-state index contributed by atoms with van der Waals surface area (Å²) in [6, 6.07) is 4.92. The van der Waals surface area contributed by atoms with E-state index in [-0.39, 0.29) is 136 Å². The molecule has 30 heavy (non-hydrogen) atoms. The molecule has 4 amide bonds. The van der Waals surface area contributed by atoms with Crippen molar-refractivity contribution < 1.29 is 142 Å². The molecule has 0 atom stereocenters. The van der Waals surface area contributed by atoms with E-state index in [0.717, 1.165) is 0 Å². The zero-order valence-electron chi connectivity index (χ0n) is 15.9. The number of carbonyl (C=O) groups is 6. The molecule has 2 heterocycles. The summed E-state index contributed by atoms with van der Waals surface area (Å²) in [4.78, 5) is 73.2. The monoisotopic (exact) mass is 458 g/mol. The second-order valence-corrected chi connectivity index (χ2v) is 6.21. The third kappa shape index (κ3) is 3.90. The van der Waals surface area contributed by atoms with Gasteiger partial charge >= 0.3 is 103 Å². The van der Waals surface area contributed by atoms with Crippen LogP contribution in [0.3, 0.4) is 0 Å². The molecule has 4 rings (SSSR count). The molecule has 0 saturated carbocycles. The Morgan fingerprint density at radius 3 is 1.03 bits per heavy atom. The van der Waals surface area contributed by atoms with Crippen LogP contribution in [0, 0.1) is 0 Å². The quantitative estimate of drug-likeness (QED) is 0.323. The fourth-order valence-corrected chi connectivity index (χ4v) is 3.52. The van der Waals surface area contributed by atoms with E-state index in [0.29, 0.717) is 9.80 Å². The summed E-state index contributed by atoms with van der Waals surface area (Å²) in [6.07, 6.45) is 0. The average molecular weight is 458 g/mol. The number of hydrogen-bond acceptors (Lipinski definition) is 8. The number of benzene rings is 2. The van der Waals surface area contributed by atoms with Gasteiger partial charge in [-0.05, 0) is 24.3 Å². The third-order valence-corrected chi connectivity index (χ3v) is 4.64. The second kappa shape index (κ2) is 9.36. The fraction of sp³-hybridized carbons (Fsp3) is 0.111. The number of aliphatic carboxylic acids is 2. The van der Waals surface area contributed by atoms with E-state index in [1.807, 2.05) is 0 Å². The van der Waals surface area contributed by atoms with E-state index >= 15 is 0 Å². The van der Waals surface area contributed by atoms with Crippen LogP contribution in [0.2, 0.25) is 0 Å². The Balaban J connectivity index is 0.00000160. The van der Waals surface area contributed by atoms with Gasteiger partial charge in [0.2, 0.25) is 0 Å². The van der Waals surface area contributed by atoms with Gasteiger partial charge in [-0.2, -0.15) is 0 Å². The predicted molar refractivity (Wildman–Crippen MR) is 84.7 cm³/mol. The summed E-state index contributed by atoms with van der Waals surface area (Å²) in [5, 5.41) is 21.9. The van der Waals surface area contributed by atoms with Crippen LogP contribution in [0.25, 0.3) is 10.8 Å². The molecule has 10 nitrogen and oxygen atoms in total. The van der Waals surface area contributed by atoms with Crippen LogP contribution in [0.15, 0.2) is 24.3 Å². The maximum atomic E-state index is 12.6. The Morgan fingerprint density at radius 1 is 0.600 bits per heavy atom. The fourth-order valence-electron chi connectivity index (χ4n) is 3.52. The standard InChI is InChI=1S/C18H10N2O8.2K/c21-11(22)5-19-15(25)7-1-2-8-14-10(4-3-9(13(7)14)17(19)27)18(28)20(16(8)26)6-12(23)24;;/h1-4H,5-6H2,(H,21,22)(H,23,24);;/q;2*+1/p-2. The van der Waals surface area contributed by atoms with Crippen LogP contribution in [0.5, 0.6) is 0 Å². The van der Waals surface area contributed by atoms with E-state index in [4.69, 9.17) is 0 Å². The van der Waals surface area contributed by atoms with Crippen LogP contribution in [-0.4, -0.2) is 58.5 Å². The Labute approximate surface area is 253 Å². The van der Waals surface area contributed by atoms with Gasteiger partial charge in [-0.3, -0.25) is 29.0 Å². The van der Waals surface area contributed by atoms with Crippen LogP contribution in [-0.2, 0) is 9.59 Å². The van der Waals surface area contributed by atoms with Crippen molar-refractivity contribution in [1.82, 2.24) is 9.80 Å². The van der Waals surface area contributed by atoms with Crippen molar-refractivity contribution in [3.8, 4) is 0 Å². The molecule has 0 aliphatic carbocycles. The number of carboxylic acid groups (broad SMARTS) is 2. The molecule has 2 aliphatic heterocycles. The summed E-state index contributed by atoms with van der Waals surface area (Å²) in [5.41, 5.74) is -0.202. The molecule has 0 bridgehead atoms. The van der Waals surface area contributed by atoms with E-state index < -0.39 is 48.7 Å². The number of rotatable bonds is 4. The molecule has 0 fully saturated rings. The zero-order chi connectivity index (χ0) is 20.3. The second-order valence-electron chi connectivity index (χ2n) is 6.21. The minimum absolute atomic E-state index is 0. The van der Waals surface area contributed by atoms with Gasteiger partial charge in [0.05, 0.1) is 25.0 Å². The molecule has 2 aromatic rings. The van der Waals surface area contributed by atoms with Gasteiger partial charge in [-0.15, -0.1) is 0 Å². The summed E-state index contributed by atoms with van der Waals surface area (Å²) >= 11 is 0. The predicted octanol–water partition coefficient (Wildman–Crippen LogP) is -8.46. The van der Waals surface area contributed by atoms with Crippen molar-refractivity contribution in [2.45, 2.75) is 0 Å². The van der Waals surface area contributed by atoms with Crippen molar-refractivity contribution >= 4 is 46.3 Å². The zero-order valence-corrected chi connectivity index (χ0v) is 22.1. The van der Waals surface area contributed by atoms with E-state index in [1.54, 1.807) is 0 Å². The molecule has 0 spiro atoms. The SMILES string of the molecule is O=C([O-])CN1C(=O)c2ccc3c4c(ccc(c24)C1=O)C(=O)N(CC(=O)[O-])C3=O.[K+].[K+]. The Bertz CT molecular complexity index is 1020. The number of hydrogen-bond donors (Lipinski definition) is 0. The van der Waals surface area contributed by atoms with Crippen molar-refractivity contribution in [2.75, 3.05) is 13.1 Å². The first-order chi connectivity index (χ1) is 13.2. The minimum Gasteiger partial charge on any atom is -0.548 e. The van der Waals surface area contributed by atoms with Crippen LogP contribution in [0.1, 0.15) is 41.4 Å². The third-order valence-electron chi connectivity index (χ3n) is 4.64. The van der Waals surface area contributed by atoms with Gasteiger partial charge in [0.25, 0.3) is 23.6 Å². The topological polar surface area (TPSA) is 155 Å². The number of carbonyl (C=O) groups excluding carboxylic acids is 6. The first kappa shape index (κ1) is 25.5. The first-order valence-corrected chi connectivity index (χ1v) is 7.94. The number of imide groups is 2. The molecule has 2 aromatic carbocycles. The van der Waals surface area contributed by atoms with E-state index in [1.165, 1.54) is 24.3 Å². The molecule has 2 aliphatic rings. The molecule has 140 valence electrons. The summed E-state index contributed by atoms with van der Waals surface area (Å²) < 4.78 is 0. The Kier molecular flexibility index (Phi) is 7.94. The van der Waals surface area contributed by atoms with E-state index in [9.17, 15) is 39.0 Å². The maximum Gasteiger partial charge on any atom is 1.00 e. The molecule has 0 radical (unpaired) electrons. The van der Waals surface area contributed by atoms with Crippen molar-refractivity contribution in [1.29, 1.82) is 0 Å². The van der Waals surface area contributed by atoms with Gasteiger partial charge in [0.15, 0.2) is 0 Å². The summed E-state index contributed by atoms with van der Waals surface area (Å²) in [6.45, 7) is -1.89. The van der Waals surface area contributed by atoms with Crippen LogP contribution < -0.4 is 113 Å². The Morgan fingerprint density at radius 2 is 0.833 bits per heavy atom. The maximum absolute atomic E-state index is 12.6. The average Bonchev–Trinajstić information content (AvgIpc) is 2.64. The summed E-state index contributed by atoms with van der Waals surface area (Å²) in [5.74, 6) is -6.85. The number of carboxylic acids is 2. The van der Waals surface area contributed by atoms with E-state index in [2.05, 4.69) is 0 Å². The number of amides is 4. The normalized spacial score (nSPS) is 14.4. The number of nitrogens with zero attached hydrogens (tertiary/aromatic N) is 2. The smallest absolute Gasteiger partial charge is 0.548 e. The van der Waals surface area contributed by atoms with Crippen molar-refractivity contribution in [3.63, 3.8) is 0 Å². The van der Waals surface area contributed by atoms with Crippen LogP contribution >= 0.6 is 0 Å². The Hall–Kier alpha value is -0.807.